The Kier molecular flexibility index (Phi) is 8.30. The van der Waals surface area contributed by atoms with Gasteiger partial charge in [0.2, 0.25) is 0 Å². The average molecular weight is 622 g/mol. The lowest BCUT2D eigenvalue weighted by molar-refractivity contribution is -0.150. The summed E-state index contributed by atoms with van der Waals surface area (Å²) in [5.41, 5.74) is 0.591. The minimum absolute atomic E-state index is 0.206. The maximum Gasteiger partial charge on any atom is 0.341 e. The highest BCUT2D eigenvalue weighted by Gasteiger charge is 2.45. The van der Waals surface area contributed by atoms with E-state index >= 15 is 0 Å². The van der Waals surface area contributed by atoms with Crippen LogP contribution in [0.4, 0.5) is 5.00 Å². The molecular weight excluding hydrogens is 602 g/mol. The molecule has 1 aromatic heterocycles. The molecule has 14 heteroatoms. The predicted octanol–water partition coefficient (Wildman–Crippen LogP) is 5.44. The average Bonchev–Trinajstić information content (AvgIpc) is 3.36. The second kappa shape index (κ2) is 11.0. The number of halogens is 4. The van der Waals surface area contributed by atoms with E-state index in [0.717, 1.165) is 23.3 Å². The third kappa shape index (κ3) is 4.88. The minimum Gasteiger partial charge on any atom is -0.465 e. The van der Waals surface area contributed by atoms with E-state index in [1.54, 1.807) is 0 Å². The molecule has 0 fully saturated rings. The first-order valence-electron chi connectivity index (χ1n) is 11.3. The molecule has 0 saturated carbocycles. The van der Waals surface area contributed by atoms with Crippen LogP contribution in [0.25, 0.3) is 0 Å². The Bertz CT molecular complexity index is 1360. The molecule has 202 valence electrons. The van der Waals surface area contributed by atoms with Gasteiger partial charge in [0, 0.05) is 4.88 Å². The van der Waals surface area contributed by atoms with Crippen LogP contribution in [0.5, 0.6) is 0 Å². The highest BCUT2D eigenvalue weighted by atomic mass is 35.5. The zero-order chi connectivity index (χ0) is 28.0. The van der Waals surface area contributed by atoms with Crippen molar-refractivity contribution in [2.24, 2.45) is 5.92 Å². The second-order valence-corrected chi connectivity index (χ2v) is 11.5. The third-order valence-corrected chi connectivity index (χ3v) is 9.33. The number of esters is 2. The maximum absolute atomic E-state index is 12.9. The molecule has 2 heterocycles. The summed E-state index contributed by atoms with van der Waals surface area (Å²) >= 11 is 25.5. The number of amides is 3. The van der Waals surface area contributed by atoms with Crippen molar-refractivity contribution in [3.05, 3.63) is 47.2 Å². The molecule has 0 spiro atoms. The van der Waals surface area contributed by atoms with Crippen molar-refractivity contribution in [3.63, 3.8) is 0 Å². The number of nitrogens with zero attached hydrogens (tertiary/aromatic N) is 1. The van der Waals surface area contributed by atoms with Crippen LogP contribution in [0.1, 0.15) is 61.8 Å². The Morgan fingerprint density at radius 3 is 2.18 bits per heavy atom. The summed E-state index contributed by atoms with van der Waals surface area (Å²) in [5, 5.41) is 1.96. The molecule has 4 rings (SSSR count). The van der Waals surface area contributed by atoms with Crippen LogP contribution in [0, 0.1) is 5.92 Å². The lowest BCUT2D eigenvalue weighted by Gasteiger charge is -2.20. The van der Waals surface area contributed by atoms with E-state index in [4.69, 9.17) is 55.9 Å². The molecule has 1 aliphatic carbocycles. The van der Waals surface area contributed by atoms with Gasteiger partial charge in [-0.1, -0.05) is 53.3 Å². The summed E-state index contributed by atoms with van der Waals surface area (Å²) in [4.78, 5) is 65.3. The molecule has 2 aliphatic rings. The summed E-state index contributed by atoms with van der Waals surface area (Å²) in [6, 6.07) is -1.43. The third-order valence-electron chi connectivity index (χ3n) is 6.36. The van der Waals surface area contributed by atoms with Gasteiger partial charge >= 0.3 is 11.9 Å². The molecule has 1 aliphatic heterocycles. The standard InChI is InChI=1S/C24H20Cl4N2O7S/c1-8-4-5-10-11(6-8)38-20(13(10)24(35)36-3)29-12(31)7-37-23(34)9(2)30-21(32)14-15(22(30)33)17(26)19(28)18(27)16(14)25/h8-9H,4-7H2,1-3H3,(H,29,31)/t8-,9-/m1/s1. The van der Waals surface area contributed by atoms with Gasteiger partial charge < -0.3 is 14.8 Å². The van der Waals surface area contributed by atoms with Crippen molar-refractivity contribution in [2.75, 3.05) is 19.0 Å². The maximum atomic E-state index is 12.9. The van der Waals surface area contributed by atoms with Crippen LogP contribution in [0.15, 0.2) is 0 Å². The first kappa shape index (κ1) is 28.6. The van der Waals surface area contributed by atoms with Crippen LogP contribution in [0.3, 0.4) is 0 Å². The van der Waals surface area contributed by atoms with Gasteiger partial charge in [-0.25, -0.2) is 9.59 Å². The van der Waals surface area contributed by atoms with E-state index in [-0.39, 0.29) is 31.2 Å². The molecule has 0 radical (unpaired) electrons. The zero-order valence-electron chi connectivity index (χ0n) is 20.2. The summed E-state index contributed by atoms with van der Waals surface area (Å²) in [6.07, 6.45) is 2.37. The molecule has 2 atom stereocenters. The Labute approximate surface area is 241 Å². The fourth-order valence-corrected chi connectivity index (χ4v) is 6.83. The van der Waals surface area contributed by atoms with Crippen LogP contribution in [-0.4, -0.2) is 54.3 Å². The van der Waals surface area contributed by atoms with Crippen molar-refractivity contribution in [3.8, 4) is 0 Å². The van der Waals surface area contributed by atoms with E-state index in [2.05, 4.69) is 12.2 Å². The Balaban J connectivity index is 1.46. The van der Waals surface area contributed by atoms with Gasteiger partial charge in [-0.15, -0.1) is 11.3 Å². The van der Waals surface area contributed by atoms with Crippen molar-refractivity contribution in [1.29, 1.82) is 0 Å². The number of carbonyl (C=O) groups excluding carboxylic acids is 5. The number of rotatable bonds is 6. The van der Waals surface area contributed by atoms with Gasteiger partial charge in [-0.05, 0) is 37.7 Å². The number of hydrogen-bond donors (Lipinski definition) is 1. The lowest BCUT2D eigenvalue weighted by atomic mass is 9.88. The van der Waals surface area contributed by atoms with E-state index in [1.807, 2.05) is 0 Å². The van der Waals surface area contributed by atoms with Gasteiger partial charge in [-0.2, -0.15) is 0 Å². The zero-order valence-corrected chi connectivity index (χ0v) is 24.0. The first-order valence-corrected chi connectivity index (χ1v) is 13.6. The Morgan fingerprint density at radius 2 is 1.63 bits per heavy atom. The topological polar surface area (TPSA) is 119 Å². The number of fused-ring (bicyclic) bond motifs is 2. The van der Waals surface area contributed by atoms with Crippen LogP contribution < -0.4 is 5.32 Å². The number of nitrogens with one attached hydrogen (secondary N) is 1. The quantitative estimate of drug-likeness (QED) is 0.197. The summed E-state index contributed by atoms with van der Waals surface area (Å²) < 4.78 is 9.97. The van der Waals surface area contributed by atoms with Crippen molar-refractivity contribution >= 4 is 92.4 Å². The van der Waals surface area contributed by atoms with Crippen LogP contribution >= 0.6 is 57.7 Å². The SMILES string of the molecule is COC(=O)c1c(NC(=O)COC(=O)[C@@H](C)N2C(=O)c3c(Cl)c(Cl)c(Cl)c(Cl)c3C2=O)sc2c1CC[C@@H](C)C2. The number of benzene rings is 1. The van der Waals surface area contributed by atoms with E-state index in [0.29, 0.717) is 27.8 Å². The van der Waals surface area contributed by atoms with Gasteiger partial charge in [-0.3, -0.25) is 19.3 Å². The second-order valence-electron chi connectivity index (χ2n) is 8.87. The van der Waals surface area contributed by atoms with E-state index in [1.165, 1.54) is 25.4 Å². The highest BCUT2D eigenvalue weighted by Crippen LogP contribution is 2.45. The van der Waals surface area contributed by atoms with E-state index in [9.17, 15) is 24.0 Å². The number of anilines is 1. The van der Waals surface area contributed by atoms with Crippen molar-refractivity contribution in [1.82, 2.24) is 4.90 Å². The molecule has 3 amide bonds. The number of thiophene rings is 1. The van der Waals surface area contributed by atoms with Crippen LogP contribution in [-0.2, 0) is 31.9 Å². The van der Waals surface area contributed by atoms with Crippen LogP contribution in [0.2, 0.25) is 20.1 Å². The molecule has 1 N–H and O–H groups in total. The monoisotopic (exact) mass is 620 g/mol. The fourth-order valence-electron chi connectivity index (χ4n) is 4.40. The van der Waals surface area contributed by atoms with Gasteiger partial charge in [0.15, 0.2) is 6.61 Å². The molecule has 0 bridgehead atoms. The van der Waals surface area contributed by atoms with Gasteiger partial charge in [0.25, 0.3) is 17.7 Å². The molecular formula is C24H20Cl4N2O7S. The highest BCUT2D eigenvalue weighted by molar-refractivity contribution is 7.17. The largest absolute Gasteiger partial charge is 0.465 e. The summed E-state index contributed by atoms with van der Waals surface area (Å²) in [6.45, 7) is 2.63. The molecule has 0 saturated heterocycles. The Morgan fingerprint density at radius 1 is 1.05 bits per heavy atom. The van der Waals surface area contributed by atoms with Crippen molar-refractivity contribution in [2.45, 2.75) is 39.2 Å². The fraction of sp³-hybridized carbons (Fsp3) is 0.375. The normalized spacial score (nSPS) is 17.1. The predicted molar refractivity (Wildman–Crippen MR) is 143 cm³/mol. The van der Waals surface area contributed by atoms with E-state index < -0.39 is 42.3 Å². The summed E-state index contributed by atoms with van der Waals surface area (Å²) in [7, 11) is 1.26. The number of methoxy groups -OCH3 is 1. The molecule has 1 aromatic carbocycles. The van der Waals surface area contributed by atoms with Crippen molar-refractivity contribution < 1.29 is 33.4 Å². The Hall–Kier alpha value is -2.37. The van der Waals surface area contributed by atoms with Gasteiger partial charge in [0.1, 0.15) is 11.0 Å². The number of ether oxygens (including phenoxy) is 2. The molecule has 0 unspecified atom stereocenters. The lowest BCUT2D eigenvalue weighted by Crippen LogP contribution is -2.44. The minimum atomic E-state index is -1.43. The van der Waals surface area contributed by atoms with Gasteiger partial charge in [0.05, 0.1) is 43.9 Å². The number of hydrogen-bond acceptors (Lipinski definition) is 8. The molecule has 38 heavy (non-hydrogen) atoms. The molecule has 2 aromatic rings. The summed E-state index contributed by atoms with van der Waals surface area (Å²) in [5.74, 6) is -3.70. The molecule has 9 nitrogen and oxygen atoms in total. The first-order chi connectivity index (χ1) is 17.9. The number of carbonyl (C=O) groups is 5. The smallest absolute Gasteiger partial charge is 0.341 e. The number of imide groups is 1.